The van der Waals surface area contributed by atoms with Crippen molar-refractivity contribution in [3.63, 3.8) is 0 Å². The van der Waals surface area contributed by atoms with Gasteiger partial charge in [0.25, 0.3) is 0 Å². The summed E-state index contributed by atoms with van der Waals surface area (Å²) >= 11 is 0. The molecule has 0 amide bonds. The average Bonchev–Trinajstić information content (AvgIpc) is 2.82. The number of hydroxylamine groups is 4. The maximum Gasteiger partial charge on any atom is 0.306 e. The summed E-state index contributed by atoms with van der Waals surface area (Å²) in [5.41, 5.74) is -1.30. The van der Waals surface area contributed by atoms with E-state index in [4.69, 9.17) is 19.1 Å². The molecule has 44 heavy (non-hydrogen) atoms. The molecule has 0 radical (unpaired) electrons. The molecular formula is C34H64N2O8. The molecule has 10 nitrogen and oxygen atoms in total. The number of unbranched alkanes of at least 4 members (excludes halogenated alkanes) is 5. The highest BCUT2D eigenvalue weighted by atomic mass is 16.7. The number of aliphatic hydroxyl groups excluding tert-OH is 2. The lowest BCUT2D eigenvalue weighted by Crippen LogP contribution is -2.62. The summed E-state index contributed by atoms with van der Waals surface area (Å²) in [7, 11) is 0. The van der Waals surface area contributed by atoms with E-state index in [1.807, 2.05) is 10.1 Å². The van der Waals surface area contributed by atoms with Crippen molar-refractivity contribution in [2.45, 2.75) is 193 Å². The summed E-state index contributed by atoms with van der Waals surface area (Å²) in [6.07, 6.45) is 7.71. The van der Waals surface area contributed by atoms with Crippen LogP contribution in [0.4, 0.5) is 0 Å². The van der Waals surface area contributed by atoms with Crippen LogP contribution < -0.4 is 0 Å². The van der Waals surface area contributed by atoms with Crippen LogP contribution in [0.1, 0.15) is 146 Å². The van der Waals surface area contributed by atoms with Crippen LogP contribution in [0.5, 0.6) is 0 Å². The quantitative estimate of drug-likeness (QED) is 0.150. The predicted molar refractivity (Wildman–Crippen MR) is 170 cm³/mol. The Morgan fingerprint density at radius 3 is 1.14 bits per heavy atom. The molecule has 2 atom stereocenters. The normalized spacial score (nSPS) is 23.6. The van der Waals surface area contributed by atoms with E-state index in [2.05, 4.69) is 55.4 Å². The molecule has 0 aliphatic carbocycles. The maximum atomic E-state index is 12.6. The first-order valence-corrected chi connectivity index (χ1v) is 16.9. The summed E-state index contributed by atoms with van der Waals surface area (Å²) in [6.45, 7) is 20.5. The first-order valence-electron chi connectivity index (χ1n) is 16.9. The molecule has 10 heteroatoms. The van der Waals surface area contributed by atoms with Crippen molar-refractivity contribution in [1.29, 1.82) is 0 Å². The molecule has 0 aromatic heterocycles. The lowest BCUT2D eigenvalue weighted by atomic mass is 9.80. The van der Waals surface area contributed by atoms with Gasteiger partial charge in [-0.05, 0) is 82.1 Å². The van der Waals surface area contributed by atoms with Crippen molar-refractivity contribution in [3.8, 4) is 0 Å². The minimum atomic E-state index is -0.544. The second-order valence-electron chi connectivity index (χ2n) is 15.8. The molecule has 2 rings (SSSR count). The molecule has 0 aromatic rings. The van der Waals surface area contributed by atoms with Gasteiger partial charge >= 0.3 is 11.9 Å². The van der Waals surface area contributed by atoms with Gasteiger partial charge in [0.1, 0.15) is 12.2 Å². The van der Waals surface area contributed by atoms with Gasteiger partial charge < -0.3 is 19.7 Å². The molecule has 2 unspecified atom stereocenters. The Balaban J connectivity index is 1.60. The third-order valence-electron chi connectivity index (χ3n) is 8.61. The van der Waals surface area contributed by atoms with Crippen molar-refractivity contribution in [2.75, 3.05) is 13.2 Å². The van der Waals surface area contributed by atoms with Crippen molar-refractivity contribution >= 4 is 11.9 Å². The van der Waals surface area contributed by atoms with Crippen LogP contribution in [0.25, 0.3) is 0 Å². The third-order valence-corrected chi connectivity index (χ3v) is 8.61. The fourth-order valence-corrected chi connectivity index (χ4v) is 7.31. The average molecular weight is 629 g/mol. The maximum absolute atomic E-state index is 12.6. The number of aliphatic hydroxyl groups is 2. The summed E-state index contributed by atoms with van der Waals surface area (Å²) in [5, 5.41) is 23.2. The topological polar surface area (TPSA) is 118 Å². The molecule has 2 N–H and O–H groups in total. The van der Waals surface area contributed by atoms with Crippen molar-refractivity contribution in [2.24, 2.45) is 0 Å². The first kappa shape index (κ1) is 38.9. The van der Waals surface area contributed by atoms with Gasteiger partial charge in [-0.15, -0.1) is 0 Å². The fraction of sp³-hybridized carbons (Fsp3) is 0.941. The number of carbonyl (C=O) groups is 2. The number of ether oxygens (including phenoxy) is 2. The Morgan fingerprint density at radius 1 is 0.591 bits per heavy atom. The number of nitrogens with zero attached hydrogens (tertiary/aromatic N) is 2. The highest BCUT2D eigenvalue weighted by molar-refractivity contribution is 5.69. The number of esters is 2. The van der Waals surface area contributed by atoms with E-state index in [1.165, 1.54) is 0 Å². The van der Waals surface area contributed by atoms with Crippen LogP contribution in [0, 0.1) is 0 Å². The summed E-state index contributed by atoms with van der Waals surface area (Å²) in [6, 6.07) is 0. The van der Waals surface area contributed by atoms with Crippen LogP contribution in [0.15, 0.2) is 0 Å². The second-order valence-corrected chi connectivity index (χ2v) is 15.8. The van der Waals surface area contributed by atoms with Gasteiger partial charge in [-0.25, -0.2) is 0 Å². The van der Waals surface area contributed by atoms with Crippen LogP contribution >= 0.6 is 0 Å². The van der Waals surface area contributed by atoms with Gasteiger partial charge in [0.05, 0.1) is 25.4 Å². The van der Waals surface area contributed by atoms with Crippen LogP contribution in [-0.2, 0) is 28.7 Å². The molecule has 258 valence electrons. The standard InChI is InChI=1S/C34H64N2O8/c1-25(37)23-41-35-31(3,4)19-27(20-32(35,5)6)43-29(39)17-15-13-11-12-14-16-18-30(40)44-28-21-33(7,8)36(34(9,10)22-28)42-24-26(2)38/h25-28,37-38H,11-24H2,1-10H3. The summed E-state index contributed by atoms with van der Waals surface area (Å²) < 4.78 is 11.8. The van der Waals surface area contributed by atoms with Gasteiger partial charge in [0.2, 0.25) is 0 Å². The lowest BCUT2D eigenvalue weighted by Gasteiger charge is -2.53. The first-order chi connectivity index (χ1) is 20.2. The molecule has 0 aromatic carbocycles. The van der Waals surface area contributed by atoms with Crippen LogP contribution in [0.2, 0.25) is 0 Å². The van der Waals surface area contributed by atoms with Crippen molar-refractivity contribution in [3.05, 3.63) is 0 Å². The zero-order chi connectivity index (χ0) is 33.3. The summed E-state index contributed by atoms with van der Waals surface area (Å²) in [5.74, 6) is -0.288. The summed E-state index contributed by atoms with van der Waals surface area (Å²) in [4.78, 5) is 37.0. The minimum Gasteiger partial charge on any atom is -0.462 e. The van der Waals surface area contributed by atoms with E-state index in [0.29, 0.717) is 38.5 Å². The van der Waals surface area contributed by atoms with E-state index >= 15 is 0 Å². The Bertz CT molecular complexity index is 794. The number of carbonyl (C=O) groups excluding carboxylic acids is 2. The molecule has 2 aliphatic rings. The van der Waals surface area contributed by atoms with Gasteiger partial charge in [0.15, 0.2) is 0 Å². The van der Waals surface area contributed by atoms with E-state index in [1.54, 1.807) is 13.8 Å². The highest BCUT2D eigenvalue weighted by Crippen LogP contribution is 2.41. The van der Waals surface area contributed by atoms with Crippen molar-refractivity contribution in [1.82, 2.24) is 10.1 Å². The van der Waals surface area contributed by atoms with E-state index in [9.17, 15) is 19.8 Å². The highest BCUT2D eigenvalue weighted by Gasteiger charge is 2.49. The number of hydrogen-bond acceptors (Lipinski definition) is 10. The van der Waals surface area contributed by atoms with Crippen LogP contribution in [-0.4, -0.2) is 92.1 Å². The molecule has 0 saturated carbocycles. The van der Waals surface area contributed by atoms with Gasteiger partial charge in [-0.3, -0.25) is 19.3 Å². The molecule has 0 spiro atoms. The Labute approximate surface area is 267 Å². The molecular weight excluding hydrogens is 564 g/mol. The second kappa shape index (κ2) is 16.5. The van der Waals surface area contributed by atoms with E-state index < -0.39 is 12.2 Å². The monoisotopic (exact) mass is 628 g/mol. The van der Waals surface area contributed by atoms with Gasteiger partial charge in [-0.2, -0.15) is 10.1 Å². The van der Waals surface area contributed by atoms with E-state index in [0.717, 1.165) is 38.5 Å². The lowest BCUT2D eigenvalue weighted by molar-refractivity contribution is -0.300. The van der Waals surface area contributed by atoms with E-state index in [-0.39, 0.29) is 59.5 Å². The number of hydrogen-bond donors (Lipinski definition) is 2. The molecule has 2 aliphatic heterocycles. The zero-order valence-corrected chi connectivity index (χ0v) is 29.4. The van der Waals surface area contributed by atoms with Crippen molar-refractivity contribution < 1.29 is 39.0 Å². The Morgan fingerprint density at radius 2 is 0.864 bits per heavy atom. The van der Waals surface area contributed by atoms with Gasteiger partial charge in [0, 0.05) is 60.7 Å². The molecule has 2 heterocycles. The SMILES string of the molecule is CC(O)CON1C(C)(C)CC(OC(=O)CCCCCCCCC(=O)OC2CC(C)(C)N(OCC(C)O)C(C)(C)C2)CC1(C)C. The number of rotatable bonds is 17. The third kappa shape index (κ3) is 12.5. The smallest absolute Gasteiger partial charge is 0.306 e. The zero-order valence-electron chi connectivity index (χ0n) is 29.4. The molecule has 0 bridgehead atoms. The predicted octanol–water partition coefficient (Wildman–Crippen LogP) is 5.86. The fourth-order valence-electron chi connectivity index (χ4n) is 7.31. The molecule has 2 saturated heterocycles. The van der Waals surface area contributed by atoms with Crippen LogP contribution in [0.3, 0.4) is 0 Å². The Hall–Kier alpha value is -1.30. The minimum absolute atomic E-state index is 0.144. The largest absolute Gasteiger partial charge is 0.462 e. The Kier molecular flexibility index (Phi) is 14.6. The van der Waals surface area contributed by atoms with Gasteiger partial charge in [-0.1, -0.05) is 25.7 Å². The number of piperidine rings is 2. The molecule has 2 fully saturated rings.